The quantitative estimate of drug-likeness (QED) is 0.504. The smallest absolute Gasteiger partial charge is 0.203 e. The molecular formula is C21H21N3S. The number of thiazole rings is 1. The van der Waals surface area contributed by atoms with Crippen LogP contribution in [0.3, 0.4) is 0 Å². The van der Waals surface area contributed by atoms with Crippen LogP contribution in [0, 0.1) is 6.92 Å². The number of rotatable bonds is 4. The minimum Gasteiger partial charge on any atom is -0.252 e. The molecule has 1 aromatic heterocycles. The van der Waals surface area contributed by atoms with E-state index in [1.807, 2.05) is 6.92 Å². The third-order valence-corrected chi connectivity index (χ3v) is 5.43. The predicted molar refractivity (Wildman–Crippen MR) is 107 cm³/mol. The molecule has 25 heavy (non-hydrogen) atoms. The molecule has 0 unspecified atom stereocenters. The van der Waals surface area contributed by atoms with E-state index in [0.717, 1.165) is 22.1 Å². The van der Waals surface area contributed by atoms with Gasteiger partial charge in [0.25, 0.3) is 0 Å². The van der Waals surface area contributed by atoms with E-state index in [1.54, 1.807) is 11.3 Å². The van der Waals surface area contributed by atoms with Gasteiger partial charge in [-0.3, -0.25) is 5.43 Å². The van der Waals surface area contributed by atoms with E-state index >= 15 is 0 Å². The Morgan fingerprint density at radius 2 is 1.88 bits per heavy atom. The number of nitrogens with one attached hydrogen (secondary N) is 1. The Morgan fingerprint density at radius 3 is 2.72 bits per heavy atom. The predicted octanol–water partition coefficient (Wildman–Crippen LogP) is 5.44. The summed E-state index contributed by atoms with van der Waals surface area (Å²) in [6, 6.07) is 15.1. The third kappa shape index (κ3) is 3.49. The maximum Gasteiger partial charge on any atom is 0.203 e. The van der Waals surface area contributed by atoms with Gasteiger partial charge >= 0.3 is 0 Å². The Bertz CT molecular complexity index is 923. The average Bonchev–Trinajstić information content (AvgIpc) is 3.29. The Balaban J connectivity index is 1.49. The molecule has 0 spiro atoms. The summed E-state index contributed by atoms with van der Waals surface area (Å²) < 4.78 is 0. The SMILES string of the molecule is C/C(=N/Nc1nc(-c2ccc(C)cc2)cs1)c1ccc2c(c1)CCC2. The minimum atomic E-state index is 0.816. The summed E-state index contributed by atoms with van der Waals surface area (Å²) in [7, 11) is 0. The van der Waals surface area contributed by atoms with Gasteiger partial charge in [0.15, 0.2) is 0 Å². The number of hydrogen-bond acceptors (Lipinski definition) is 4. The molecule has 4 rings (SSSR count). The molecule has 0 bridgehead atoms. The van der Waals surface area contributed by atoms with Crippen LogP contribution in [-0.2, 0) is 12.8 Å². The molecule has 3 aromatic rings. The number of benzene rings is 2. The second-order valence-corrected chi connectivity index (χ2v) is 7.41. The standard InChI is InChI=1S/C21H21N3S/c1-14-6-8-17(9-7-14)20-13-25-21(22-20)24-23-15(2)18-11-10-16-4-3-5-19(16)12-18/h6-13H,3-5H2,1-2H3,(H,22,24)/b23-15-. The number of aryl methyl sites for hydroxylation is 3. The van der Waals surface area contributed by atoms with E-state index in [1.165, 1.54) is 41.5 Å². The Hall–Kier alpha value is -2.46. The monoisotopic (exact) mass is 347 g/mol. The summed E-state index contributed by atoms with van der Waals surface area (Å²) in [5.41, 5.74) is 11.6. The Labute approximate surface area is 152 Å². The van der Waals surface area contributed by atoms with Crippen molar-refractivity contribution in [2.24, 2.45) is 5.10 Å². The second-order valence-electron chi connectivity index (χ2n) is 6.55. The summed E-state index contributed by atoms with van der Waals surface area (Å²) in [4.78, 5) is 4.63. The molecule has 0 saturated carbocycles. The maximum absolute atomic E-state index is 4.63. The molecule has 0 saturated heterocycles. The van der Waals surface area contributed by atoms with Gasteiger partial charge < -0.3 is 0 Å². The Morgan fingerprint density at radius 1 is 1.08 bits per heavy atom. The lowest BCUT2D eigenvalue weighted by Crippen LogP contribution is -2.00. The third-order valence-electron chi connectivity index (χ3n) is 4.69. The molecule has 1 aliphatic carbocycles. The first kappa shape index (κ1) is 16.0. The summed E-state index contributed by atoms with van der Waals surface area (Å²) >= 11 is 1.58. The van der Waals surface area contributed by atoms with Crippen LogP contribution in [-0.4, -0.2) is 10.7 Å². The van der Waals surface area contributed by atoms with E-state index in [4.69, 9.17) is 0 Å². The van der Waals surface area contributed by atoms with Crippen molar-refractivity contribution in [2.45, 2.75) is 33.1 Å². The van der Waals surface area contributed by atoms with Gasteiger partial charge in [0.1, 0.15) is 0 Å². The van der Waals surface area contributed by atoms with Gasteiger partial charge in [-0.25, -0.2) is 4.98 Å². The van der Waals surface area contributed by atoms with Gasteiger partial charge in [-0.1, -0.05) is 42.0 Å². The topological polar surface area (TPSA) is 37.3 Å². The highest BCUT2D eigenvalue weighted by Gasteiger charge is 2.11. The lowest BCUT2D eigenvalue weighted by Gasteiger charge is -2.05. The van der Waals surface area contributed by atoms with Crippen LogP contribution in [0.25, 0.3) is 11.3 Å². The van der Waals surface area contributed by atoms with Crippen LogP contribution in [0.4, 0.5) is 5.13 Å². The van der Waals surface area contributed by atoms with Crippen molar-refractivity contribution in [1.29, 1.82) is 0 Å². The minimum absolute atomic E-state index is 0.816. The van der Waals surface area contributed by atoms with Crippen LogP contribution < -0.4 is 5.43 Å². The summed E-state index contributed by atoms with van der Waals surface area (Å²) in [6.45, 7) is 4.13. The number of fused-ring (bicyclic) bond motifs is 1. The van der Waals surface area contributed by atoms with Crippen LogP contribution in [0.5, 0.6) is 0 Å². The first-order chi connectivity index (χ1) is 12.2. The van der Waals surface area contributed by atoms with Crippen molar-refractivity contribution in [3.8, 4) is 11.3 Å². The number of hydrazone groups is 1. The van der Waals surface area contributed by atoms with E-state index in [9.17, 15) is 0 Å². The maximum atomic E-state index is 4.63. The molecule has 126 valence electrons. The normalized spacial score (nSPS) is 13.8. The zero-order chi connectivity index (χ0) is 17.2. The van der Waals surface area contributed by atoms with E-state index in [0.29, 0.717) is 0 Å². The first-order valence-electron chi connectivity index (χ1n) is 8.64. The summed E-state index contributed by atoms with van der Waals surface area (Å²) in [6.07, 6.45) is 3.68. The molecule has 0 aliphatic heterocycles. The van der Waals surface area contributed by atoms with Crippen molar-refractivity contribution >= 4 is 22.2 Å². The van der Waals surface area contributed by atoms with Gasteiger partial charge in [-0.2, -0.15) is 5.10 Å². The molecule has 3 nitrogen and oxygen atoms in total. The van der Waals surface area contributed by atoms with Crippen molar-refractivity contribution in [3.63, 3.8) is 0 Å². The van der Waals surface area contributed by atoms with Gasteiger partial charge in [0.2, 0.25) is 5.13 Å². The zero-order valence-electron chi connectivity index (χ0n) is 14.5. The Kier molecular flexibility index (Phi) is 4.36. The van der Waals surface area contributed by atoms with E-state index < -0.39 is 0 Å². The van der Waals surface area contributed by atoms with E-state index in [2.05, 4.69) is 70.3 Å². The van der Waals surface area contributed by atoms with Crippen LogP contribution in [0.2, 0.25) is 0 Å². The van der Waals surface area contributed by atoms with Crippen molar-refractivity contribution < 1.29 is 0 Å². The van der Waals surface area contributed by atoms with Gasteiger partial charge in [0.05, 0.1) is 11.4 Å². The van der Waals surface area contributed by atoms with Crippen LogP contribution in [0.1, 0.15) is 35.6 Å². The van der Waals surface area contributed by atoms with Crippen LogP contribution >= 0.6 is 11.3 Å². The average molecular weight is 347 g/mol. The molecule has 4 heteroatoms. The second kappa shape index (κ2) is 6.81. The van der Waals surface area contributed by atoms with E-state index in [-0.39, 0.29) is 0 Å². The van der Waals surface area contributed by atoms with Crippen molar-refractivity contribution in [3.05, 3.63) is 70.1 Å². The largest absolute Gasteiger partial charge is 0.252 e. The highest BCUT2D eigenvalue weighted by Crippen LogP contribution is 2.26. The molecule has 0 fully saturated rings. The van der Waals surface area contributed by atoms with Gasteiger partial charge in [0, 0.05) is 10.9 Å². The number of aromatic nitrogens is 1. The first-order valence-corrected chi connectivity index (χ1v) is 9.52. The zero-order valence-corrected chi connectivity index (χ0v) is 15.4. The molecule has 0 atom stereocenters. The lowest BCUT2D eigenvalue weighted by molar-refractivity contribution is 0.912. The molecule has 0 radical (unpaired) electrons. The fourth-order valence-corrected chi connectivity index (χ4v) is 3.84. The summed E-state index contributed by atoms with van der Waals surface area (Å²) in [5, 5.41) is 7.40. The molecule has 1 heterocycles. The molecule has 1 aliphatic rings. The fourth-order valence-electron chi connectivity index (χ4n) is 3.18. The highest BCUT2D eigenvalue weighted by molar-refractivity contribution is 7.14. The summed E-state index contributed by atoms with van der Waals surface area (Å²) in [5.74, 6) is 0. The molecule has 2 aromatic carbocycles. The lowest BCUT2D eigenvalue weighted by atomic mass is 10.0. The molecule has 1 N–H and O–H groups in total. The number of nitrogens with zero attached hydrogens (tertiary/aromatic N) is 2. The van der Waals surface area contributed by atoms with Crippen molar-refractivity contribution in [1.82, 2.24) is 4.98 Å². The molecular weight excluding hydrogens is 326 g/mol. The van der Waals surface area contributed by atoms with Gasteiger partial charge in [-0.15, -0.1) is 11.3 Å². The van der Waals surface area contributed by atoms with Crippen LogP contribution in [0.15, 0.2) is 52.9 Å². The highest BCUT2D eigenvalue weighted by atomic mass is 32.1. The van der Waals surface area contributed by atoms with Crippen molar-refractivity contribution in [2.75, 3.05) is 5.43 Å². The molecule has 0 amide bonds. The fraction of sp³-hybridized carbons (Fsp3) is 0.238. The van der Waals surface area contributed by atoms with Gasteiger partial charge in [-0.05, 0) is 55.9 Å². The number of anilines is 1. The number of hydrogen-bond donors (Lipinski definition) is 1.